The van der Waals surface area contributed by atoms with E-state index in [-0.39, 0.29) is 24.6 Å². The van der Waals surface area contributed by atoms with Gasteiger partial charge in [-0.15, -0.1) is 10.2 Å². The van der Waals surface area contributed by atoms with E-state index in [1.165, 1.54) is 4.68 Å². The number of pyridine rings is 1. The van der Waals surface area contributed by atoms with Crippen LogP contribution in [0.15, 0.2) is 35.3 Å². The Kier molecular flexibility index (Phi) is 4.01. The smallest absolute Gasteiger partial charge is 0.267 e. The lowest BCUT2D eigenvalue weighted by molar-refractivity contribution is -0.122. The SMILES string of the molecule is O=C(Cn1nc2c(cc1=O)CCCC2)NCc1nnc2ccccn12. The lowest BCUT2D eigenvalue weighted by Gasteiger charge is -2.15. The van der Waals surface area contributed by atoms with Gasteiger partial charge in [-0.05, 0) is 43.4 Å². The first-order valence-electron chi connectivity index (χ1n) is 8.36. The van der Waals surface area contributed by atoms with E-state index in [1.54, 1.807) is 6.07 Å². The van der Waals surface area contributed by atoms with Crippen LogP contribution in [-0.2, 0) is 30.7 Å². The number of rotatable bonds is 4. The van der Waals surface area contributed by atoms with E-state index >= 15 is 0 Å². The third-order valence-corrected chi connectivity index (χ3v) is 4.40. The maximum Gasteiger partial charge on any atom is 0.267 e. The highest BCUT2D eigenvalue weighted by Gasteiger charge is 2.15. The summed E-state index contributed by atoms with van der Waals surface area (Å²) in [4.78, 5) is 24.3. The van der Waals surface area contributed by atoms with Crippen LogP contribution in [0.2, 0.25) is 0 Å². The number of aromatic nitrogens is 5. The standard InChI is InChI=1S/C17H18N6O2/c24-16(18-10-15-20-19-14-7-3-4-8-22(14)15)11-23-17(25)9-12-5-1-2-6-13(12)21-23/h3-4,7-9H,1-2,5-6,10-11H2,(H,18,24). The minimum absolute atomic E-state index is 0.0944. The van der Waals surface area contributed by atoms with Gasteiger partial charge in [-0.25, -0.2) is 4.68 Å². The van der Waals surface area contributed by atoms with Gasteiger partial charge in [0.15, 0.2) is 11.5 Å². The number of hydrogen-bond donors (Lipinski definition) is 1. The number of nitrogens with zero attached hydrogens (tertiary/aromatic N) is 5. The van der Waals surface area contributed by atoms with Gasteiger partial charge in [0.1, 0.15) is 6.54 Å². The summed E-state index contributed by atoms with van der Waals surface area (Å²) in [5.41, 5.74) is 2.44. The maximum absolute atomic E-state index is 12.2. The molecule has 0 radical (unpaired) electrons. The molecule has 3 aromatic heterocycles. The molecule has 0 fully saturated rings. The number of carbonyl (C=O) groups excluding carboxylic acids is 1. The van der Waals surface area contributed by atoms with Gasteiger partial charge in [0.2, 0.25) is 5.91 Å². The van der Waals surface area contributed by atoms with Crippen molar-refractivity contribution in [2.45, 2.75) is 38.8 Å². The molecule has 1 N–H and O–H groups in total. The first-order valence-corrected chi connectivity index (χ1v) is 8.36. The Hall–Kier alpha value is -3.03. The first kappa shape index (κ1) is 15.5. The Labute approximate surface area is 143 Å². The second-order valence-corrected chi connectivity index (χ2v) is 6.14. The summed E-state index contributed by atoms with van der Waals surface area (Å²) in [7, 11) is 0. The predicted molar refractivity (Wildman–Crippen MR) is 90.0 cm³/mol. The van der Waals surface area contributed by atoms with E-state index in [9.17, 15) is 9.59 Å². The quantitative estimate of drug-likeness (QED) is 0.747. The highest BCUT2D eigenvalue weighted by atomic mass is 16.2. The number of fused-ring (bicyclic) bond motifs is 2. The van der Waals surface area contributed by atoms with Crippen LogP contribution in [0.5, 0.6) is 0 Å². The number of nitrogens with one attached hydrogen (secondary N) is 1. The van der Waals surface area contributed by atoms with Gasteiger partial charge in [0.05, 0.1) is 12.2 Å². The Bertz CT molecular complexity index is 990. The van der Waals surface area contributed by atoms with Crippen LogP contribution in [0, 0.1) is 0 Å². The molecule has 25 heavy (non-hydrogen) atoms. The molecule has 1 amide bonds. The zero-order valence-corrected chi connectivity index (χ0v) is 13.7. The summed E-state index contributed by atoms with van der Waals surface area (Å²) < 4.78 is 3.05. The van der Waals surface area contributed by atoms with Crippen molar-refractivity contribution in [3.05, 3.63) is 57.9 Å². The first-order chi connectivity index (χ1) is 12.2. The zero-order valence-electron chi connectivity index (χ0n) is 13.7. The fourth-order valence-electron chi connectivity index (χ4n) is 3.10. The summed E-state index contributed by atoms with van der Waals surface area (Å²) in [6, 6.07) is 7.20. The summed E-state index contributed by atoms with van der Waals surface area (Å²) in [6.45, 7) is 0.145. The van der Waals surface area contributed by atoms with Crippen molar-refractivity contribution in [2.24, 2.45) is 0 Å². The van der Waals surface area contributed by atoms with Crippen molar-refractivity contribution in [1.82, 2.24) is 29.7 Å². The molecular formula is C17H18N6O2. The molecule has 0 aromatic carbocycles. The predicted octanol–water partition coefficient (Wildman–Crippen LogP) is 0.481. The largest absolute Gasteiger partial charge is 0.347 e. The Morgan fingerprint density at radius 3 is 3.00 bits per heavy atom. The van der Waals surface area contributed by atoms with Crippen molar-refractivity contribution in [2.75, 3.05) is 0 Å². The van der Waals surface area contributed by atoms with Crippen LogP contribution in [-0.4, -0.2) is 30.3 Å². The number of carbonyl (C=O) groups is 1. The molecule has 0 aliphatic heterocycles. The Morgan fingerprint density at radius 2 is 2.08 bits per heavy atom. The highest BCUT2D eigenvalue weighted by Crippen LogP contribution is 2.16. The van der Waals surface area contributed by atoms with Crippen molar-refractivity contribution >= 4 is 11.6 Å². The summed E-state index contributed by atoms with van der Waals surface area (Å²) in [6.07, 6.45) is 5.76. The third kappa shape index (κ3) is 3.15. The van der Waals surface area contributed by atoms with Crippen molar-refractivity contribution in [3.8, 4) is 0 Å². The second kappa shape index (κ2) is 6.46. The molecule has 8 heteroatoms. The van der Waals surface area contributed by atoms with Gasteiger partial charge in [0, 0.05) is 12.3 Å². The van der Waals surface area contributed by atoms with Crippen LogP contribution in [0.3, 0.4) is 0 Å². The summed E-state index contributed by atoms with van der Waals surface area (Å²) in [5.74, 6) is 0.354. The molecule has 8 nitrogen and oxygen atoms in total. The van der Waals surface area contributed by atoms with Gasteiger partial charge in [-0.2, -0.15) is 5.10 Å². The van der Waals surface area contributed by atoms with E-state index in [1.807, 2.05) is 28.8 Å². The third-order valence-electron chi connectivity index (χ3n) is 4.40. The van der Waals surface area contributed by atoms with E-state index < -0.39 is 0 Å². The lowest BCUT2D eigenvalue weighted by atomic mass is 9.97. The van der Waals surface area contributed by atoms with Gasteiger partial charge in [-0.1, -0.05) is 6.07 Å². The van der Waals surface area contributed by atoms with E-state index in [0.717, 1.165) is 42.6 Å². The molecule has 0 saturated carbocycles. The molecular weight excluding hydrogens is 320 g/mol. The van der Waals surface area contributed by atoms with E-state index in [0.29, 0.717) is 5.82 Å². The minimum Gasteiger partial charge on any atom is -0.347 e. The molecule has 3 aromatic rings. The fourth-order valence-corrected chi connectivity index (χ4v) is 3.10. The number of amides is 1. The molecule has 1 aliphatic carbocycles. The van der Waals surface area contributed by atoms with E-state index in [2.05, 4.69) is 20.6 Å². The average molecular weight is 338 g/mol. The van der Waals surface area contributed by atoms with Crippen LogP contribution in [0.1, 0.15) is 29.9 Å². The molecule has 0 atom stereocenters. The maximum atomic E-state index is 12.2. The van der Waals surface area contributed by atoms with Gasteiger partial charge < -0.3 is 5.32 Å². The highest BCUT2D eigenvalue weighted by molar-refractivity contribution is 5.75. The van der Waals surface area contributed by atoms with Crippen LogP contribution in [0.4, 0.5) is 0 Å². The molecule has 1 aliphatic rings. The molecule has 0 bridgehead atoms. The second-order valence-electron chi connectivity index (χ2n) is 6.14. The van der Waals surface area contributed by atoms with Gasteiger partial charge in [-0.3, -0.25) is 14.0 Å². The van der Waals surface area contributed by atoms with Crippen molar-refractivity contribution in [3.63, 3.8) is 0 Å². The molecule has 4 rings (SSSR count). The summed E-state index contributed by atoms with van der Waals surface area (Å²) >= 11 is 0. The monoisotopic (exact) mass is 338 g/mol. The topological polar surface area (TPSA) is 94.2 Å². The van der Waals surface area contributed by atoms with Crippen molar-refractivity contribution < 1.29 is 4.79 Å². The normalized spacial score (nSPS) is 13.6. The van der Waals surface area contributed by atoms with Crippen LogP contribution < -0.4 is 10.9 Å². The zero-order chi connectivity index (χ0) is 17.2. The Morgan fingerprint density at radius 1 is 1.20 bits per heavy atom. The molecule has 0 unspecified atom stereocenters. The number of aryl methyl sites for hydroxylation is 2. The molecule has 3 heterocycles. The van der Waals surface area contributed by atoms with Gasteiger partial charge in [0.25, 0.3) is 5.56 Å². The lowest BCUT2D eigenvalue weighted by Crippen LogP contribution is -2.34. The van der Waals surface area contributed by atoms with Crippen LogP contribution in [0.25, 0.3) is 5.65 Å². The minimum atomic E-state index is -0.280. The van der Waals surface area contributed by atoms with E-state index in [4.69, 9.17) is 0 Å². The Balaban J connectivity index is 1.45. The number of hydrogen-bond acceptors (Lipinski definition) is 5. The molecule has 128 valence electrons. The average Bonchev–Trinajstić information content (AvgIpc) is 3.04. The molecule has 0 saturated heterocycles. The van der Waals surface area contributed by atoms with Crippen molar-refractivity contribution in [1.29, 1.82) is 0 Å². The summed E-state index contributed by atoms with van der Waals surface area (Å²) in [5, 5.41) is 15.2. The fraction of sp³-hybridized carbons (Fsp3) is 0.353. The molecule has 0 spiro atoms. The van der Waals surface area contributed by atoms with Crippen LogP contribution >= 0.6 is 0 Å². The van der Waals surface area contributed by atoms with Gasteiger partial charge >= 0.3 is 0 Å².